The van der Waals surface area contributed by atoms with Crippen molar-refractivity contribution < 1.29 is 4.74 Å². The van der Waals surface area contributed by atoms with Crippen LogP contribution in [0.5, 0.6) is 5.75 Å². The molecule has 0 bridgehead atoms. The van der Waals surface area contributed by atoms with Crippen LogP contribution in [0.15, 0.2) is 54.6 Å². The minimum absolute atomic E-state index is 0.929. The zero-order chi connectivity index (χ0) is 24.0. The van der Waals surface area contributed by atoms with Gasteiger partial charge in [0.05, 0.1) is 7.11 Å². The average molecular weight is 461 g/mol. The maximum Gasteiger partial charge on any atom is 0.122 e. The first-order valence-corrected chi connectivity index (χ1v) is 14.1. The highest BCUT2D eigenvalue weighted by molar-refractivity contribution is 5.37. The summed E-state index contributed by atoms with van der Waals surface area (Å²) in [6.45, 7) is 4.44. The predicted octanol–water partition coefficient (Wildman–Crippen LogP) is 9.31. The SMILES string of the molecule is CCC=CCc1ccc(CCCCC2CCC(CCc3ccc(OC)c(CCC)c3)CC2)cc1. The van der Waals surface area contributed by atoms with Crippen molar-refractivity contribution in [2.75, 3.05) is 7.11 Å². The number of aryl methyl sites for hydroxylation is 3. The van der Waals surface area contributed by atoms with E-state index in [-0.39, 0.29) is 0 Å². The van der Waals surface area contributed by atoms with Crippen LogP contribution in [-0.4, -0.2) is 7.11 Å². The van der Waals surface area contributed by atoms with Gasteiger partial charge in [0, 0.05) is 0 Å². The van der Waals surface area contributed by atoms with E-state index in [1.165, 1.54) is 92.9 Å². The number of rotatable bonds is 14. The molecule has 0 atom stereocenters. The standard InChI is InChI=1S/C33H48O/c1-4-6-7-11-27-14-16-28(17-15-27)12-8-9-13-29-18-20-30(21-19-29)22-23-31-24-25-33(34-3)32(26-31)10-5-2/h6-7,14-17,24-26,29-30H,4-5,8-13,18-23H2,1-3H3. The molecule has 0 amide bonds. The van der Waals surface area contributed by atoms with E-state index in [1.807, 2.05) is 0 Å². The van der Waals surface area contributed by atoms with Crippen LogP contribution in [0.4, 0.5) is 0 Å². The normalized spacial score (nSPS) is 18.4. The van der Waals surface area contributed by atoms with Crippen LogP contribution in [0.1, 0.15) is 100 Å². The topological polar surface area (TPSA) is 9.23 Å². The molecule has 1 saturated carbocycles. The molecule has 1 heteroatoms. The predicted molar refractivity (Wildman–Crippen MR) is 148 cm³/mol. The lowest BCUT2D eigenvalue weighted by Gasteiger charge is -2.28. The van der Waals surface area contributed by atoms with Gasteiger partial charge in [0.25, 0.3) is 0 Å². The summed E-state index contributed by atoms with van der Waals surface area (Å²) in [5.74, 6) is 2.96. The molecule has 1 fully saturated rings. The molecule has 2 aromatic carbocycles. The molecule has 0 saturated heterocycles. The summed E-state index contributed by atoms with van der Waals surface area (Å²) < 4.78 is 5.54. The van der Waals surface area contributed by atoms with Crippen molar-refractivity contribution in [2.45, 2.75) is 104 Å². The van der Waals surface area contributed by atoms with E-state index in [0.717, 1.165) is 36.8 Å². The molecule has 1 aliphatic rings. The molecular weight excluding hydrogens is 412 g/mol. The molecule has 1 aliphatic carbocycles. The van der Waals surface area contributed by atoms with E-state index in [4.69, 9.17) is 4.74 Å². The summed E-state index contributed by atoms with van der Waals surface area (Å²) >= 11 is 0. The summed E-state index contributed by atoms with van der Waals surface area (Å²) in [4.78, 5) is 0. The summed E-state index contributed by atoms with van der Waals surface area (Å²) in [7, 11) is 1.79. The highest BCUT2D eigenvalue weighted by Crippen LogP contribution is 2.34. The molecule has 0 N–H and O–H groups in total. The second kappa shape index (κ2) is 15.1. The van der Waals surface area contributed by atoms with Gasteiger partial charge in [0.1, 0.15) is 5.75 Å². The van der Waals surface area contributed by atoms with Crippen molar-refractivity contribution in [1.29, 1.82) is 0 Å². The van der Waals surface area contributed by atoms with Crippen molar-refractivity contribution in [3.8, 4) is 5.75 Å². The quantitative estimate of drug-likeness (QED) is 0.201. The van der Waals surface area contributed by atoms with E-state index in [9.17, 15) is 0 Å². The fourth-order valence-electron chi connectivity index (χ4n) is 5.62. The van der Waals surface area contributed by atoms with Crippen LogP contribution >= 0.6 is 0 Å². The van der Waals surface area contributed by atoms with Crippen molar-refractivity contribution in [3.63, 3.8) is 0 Å². The summed E-state index contributed by atoms with van der Waals surface area (Å²) in [6, 6.07) is 16.2. The van der Waals surface area contributed by atoms with E-state index in [0.29, 0.717) is 0 Å². The van der Waals surface area contributed by atoms with Gasteiger partial charge in [-0.15, -0.1) is 0 Å². The molecule has 0 heterocycles. The lowest BCUT2D eigenvalue weighted by atomic mass is 9.77. The van der Waals surface area contributed by atoms with Crippen LogP contribution in [0.25, 0.3) is 0 Å². The lowest BCUT2D eigenvalue weighted by Crippen LogP contribution is -2.15. The number of methoxy groups -OCH3 is 1. The second-order valence-electron chi connectivity index (χ2n) is 10.5. The Hall–Kier alpha value is -2.02. The van der Waals surface area contributed by atoms with E-state index in [2.05, 4.69) is 68.5 Å². The van der Waals surface area contributed by atoms with Crippen LogP contribution in [0, 0.1) is 11.8 Å². The van der Waals surface area contributed by atoms with Gasteiger partial charge in [0.15, 0.2) is 0 Å². The van der Waals surface area contributed by atoms with Gasteiger partial charge in [-0.2, -0.15) is 0 Å². The number of benzene rings is 2. The molecule has 0 aromatic heterocycles. The summed E-state index contributed by atoms with van der Waals surface area (Å²) in [6.07, 6.45) is 22.8. The highest BCUT2D eigenvalue weighted by Gasteiger charge is 2.20. The van der Waals surface area contributed by atoms with Crippen molar-refractivity contribution >= 4 is 0 Å². The van der Waals surface area contributed by atoms with Gasteiger partial charge in [-0.1, -0.05) is 107 Å². The second-order valence-corrected chi connectivity index (χ2v) is 10.5. The van der Waals surface area contributed by atoms with Crippen LogP contribution in [0.2, 0.25) is 0 Å². The smallest absolute Gasteiger partial charge is 0.122 e. The van der Waals surface area contributed by atoms with Crippen LogP contribution in [-0.2, 0) is 25.7 Å². The van der Waals surface area contributed by atoms with Gasteiger partial charge in [0.2, 0.25) is 0 Å². The number of unbranched alkanes of at least 4 members (excludes halogenated alkanes) is 1. The Bertz CT molecular complexity index is 839. The van der Waals surface area contributed by atoms with E-state index in [1.54, 1.807) is 7.11 Å². The number of ether oxygens (including phenoxy) is 1. The first kappa shape index (κ1) is 26.6. The van der Waals surface area contributed by atoms with Crippen molar-refractivity contribution in [2.24, 2.45) is 11.8 Å². The molecule has 1 nitrogen and oxygen atoms in total. The largest absolute Gasteiger partial charge is 0.496 e. The molecule has 186 valence electrons. The fourth-order valence-corrected chi connectivity index (χ4v) is 5.62. The number of hydrogen-bond donors (Lipinski definition) is 0. The Morgan fingerprint density at radius 1 is 0.735 bits per heavy atom. The Morgan fingerprint density at radius 3 is 2.09 bits per heavy atom. The monoisotopic (exact) mass is 460 g/mol. The maximum absolute atomic E-state index is 5.54. The first-order chi connectivity index (χ1) is 16.7. The average Bonchev–Trinajstić information content (AvgIpc) is 2.87. The van der Waals surface area contributed by atoms with Gasteiger partial charge in [-0.05, 0) is 85.1 Å². The van der Waals surface area contributed by atoms with Gasteiger partial charge >= 0.3 is 0 Å². The molecular formula is C33H48O. The Labute approximate surface area is 210 Å². The minimum atomic E-state index is 0.929. The Balaban J connectivity index is 1.30. The van der Waals surface area contributed by atoms with Crippen LogP contribution in [0.3, 0.4) is 0 Å². The van der Waals surface area contributed by atoms with Gasteiger partial charge in [-0.3, -0.25) is 0 Å². The lowest BCUT2D eigenvalue weighted by molar-refractivity contribution is 0.249. The zero-order valence-electron chi connectivity index (χ0n) is 22.2. The molecule has 34 heavy (non-hydrogen) atoms. The summed E-state index contributed by atoms with van der Waals surface area (Å²) in [5.41, 5.74) is 5.81. The zero-order valence-corrected chi connectivity index (χ0v) is 22.2. The van der Waals surface area contributed by atoms with Gasteiger partial charge in [-0.25, -0.2) is 0 Å². The van der Waals surface area contributed by atoms with E-state index >= 15 is 0 Å². The molecule has 3 rings (SSSR count). The molecule has 2 aromatic rings. The highest BCUT2D eigenvalue weighted by atomic mass is 16.5. The number of allylic oxidation sites excluding steroid dienone is 2. The van der Waals surface area contributed by atoms with Crippen molar-refractivity contribution in [1.82, 2.24) is 0 Å². The third kappa shape index (κ3) is 8.97. The molecule has 0 unspecified atom stereocenters. The fraction of sp³-hybridized carbons (Fsp3) is 0.576. The minimum Gasteiger partial charge on any atom is -0.496 e. The third-order valence-electron chi connectivity index (χ3n) is 7.78. The molecule has 0 spiro atoms. The van der Waals surface area contributed by atoms with Crippen LogP contribution < -0.4 is 4.74 Å². The molecule has 0 radical (unpaired) electrons. The maximum atomic E-state index is 5.54. The summed E-state index contributed by atoms with van der Waals surface area (Å²) in [5, 5.41) is 0. The third-order valence-corrected chi connectivity index (χ3v) is 7.78. The van der Waals surface area contributed by atoms with Crippen molar-refractivity contribution in [3.05, 3.63) is 76.9 Å². The van der Waals surface area contributed by atoms with Gasteiger partial charge < -0.3 is 4.74 Å². The Kier molecular flexibility index (Phi) is 11.8. The first-order valence-electron chi connectivity index (χ1n) is 14.1. The van der Waals surface area contributed by atoms with E-state index < -0.39 is 0 Å². The number of hydrogen-bond acceptors (Lipinski definition) is 1. The Morgan fingerprint density at radius 2 is 1.41 bits per heavy atom. The molecule has 0 aliphatic heterocycles.